The van der Waals surface area contributed by atoms with Crippen molar-refractivity contribution in [2.24, 2.45) is 11.1 Å². The summed E-state index contributed by atoms with van der Waals surface area (Å²) >= 11 is 0. The number of aryl methyl sites for hydroxylation is 3. The lowest BCUT2D eigenvalue weighted by Gasteiger charge is -2.15. The molecule has 25 heavy (non-hydrogen) atoms. The fourth-order valence-electron chi connectivity index (χ4n) is 2.92. The molecule has 0 spiro atoms. The maximum atomic E-state index is 12.6. The molecule has 0 N–H and O–H groups in total. The Morgan fingerprint density at radius 3 is 2.08 bits per heavy atom. The molecular formula is C19H23NO4S. The quantitative estimate of drug-likeness (QED) is 0.604. The van der Waals surface area contributed by atoms with E-state index < -0.39 is 10.1 Å². The molecular weight excluding hydrogens is 338 g/mol. The second-order valence-electron chi connectivity index (χ2n) is 6.68. The van der Waals surface area contributed by atoms with Crippen molar-refractivity contribution in [2.75, 3.05) is 0 Å². The number of hydrogen-bond donors (Lipinski definition) is 0. The molecule has 0 aliphatic heterocycles. The predicted octanol–water partition coefficient (Wildman–Crippen LogP) is 3.78. The zero-order valence-electron chi connectivity index (χ0n) is 15.4. The lowest BCUT2D eigenvalue weighted by molar-refractivity contribution is -0.111. The minimum atomic E-state index is -4.04. The van der Waals surface area contributed by atoms with Crippen molar-refractivity contribution in [3.8, 4) is 0 Å². The molecule has 0 heterocycles. The molecule has 0 unspecified atom stereocenters. The van der Waals surface area contributed by atoms with Crippen molar-refractivity contribution in [3.05, 3.63) is 52.1 Å². The molecule has 0 aromatic heterocycles. The number of ketones is 1. The molecule has 2 rings (SSSR count). The van der Waals surface area contributed by atoms with Gasteiger partial charge in [-0.15, -0.1) is 0 Å². The first-order valence-corrected chi connectivity index (χ1v) is 9.48. The van der Waals surface area contributed by atoms with Gasteiger partial charge in [-0.25, -0.2) is 0 Å². The molecule has 0 saturated carbocycles. The molecule has 0 bridgehead atoms. The van der Waals surface area contributed by atoms with Gasteiger partial charge in [-0.3, -0.25) is 9.08 Å². The van der Waals surface area contributed by atoms with Gasteiger partial charge in [-0.05, 0) is 62.5 Å². The lowest BCUT2D eigenvalue weighted by Crippen LogP contribution is -2.16. The Kier molecular flexibility index (Phi) is 5.32. The largest absolute Gasteiger partial charge is 0.359 e. The van der Waals surface area contributed by atoms with Gasteiger partial charge in [0.2, 0.25) is 0 Å². The monoisotopic (exact) mass is 361 g/mol. The van der Waals surface area contributed by atoms with E-state index >= 15 is 0 Å². The number of rotatable bonds is 4. The highest BCUT2D eigenvalue weighted by atomic mass is 32.2. The topological polar surface area (TPSA) is 72.8 Å². The lowest BCUT2D eigenvalue weighted by atomic mass is 9.90. The van der Waals surface area contributed by atoms with Crippen LogP contribution in [-0.4, -0.2) is 19.9 Å². The summed E-state index contributed by atoms with van der Waals surface area (Å²) in [4.78, 5) is 12.1. The van der Waals surface area contributed by atoms with E-state index in [2.05, 4.69) is 5.16 Å². The molecule has 0 radical (unpaired) electrons. The Bertz CT molecular complexity index is 896. The van der Waals surface area contributed by atoms with Gasteiger partial charge in [-0.1, -0.05) is 36.7 Å². The number of carbonyl (C=O) groups excluding carboxylic acids is 1. The molecule has 0 saturated heterocycles. The normalized spacial score (nSPS) is 16.9. The summed E-state index contributed by atoms with van der Waals surface area (Å²) < 4.78 is 30.1. The van der Waals surface area contributed by atoms with Gasteiger partial charge in [0.1, 0.15) is 10.6 Å². The van der Waals surface area contributed by atoms with Crippen molar-refractivity contribution in [3.63, 3.8) is 0 Å². The van der Waals surface area contributed by atoms with E-state index in [-0.39, 0.29) is 16.6 Å². The summed E-state index contributed by atoms with van der Waals surface area (Å²) in [6.07, 6.45) is 3.04. The van der Waals surface area contributed by atoms with Crippen LogP contribution in [0.4, 0.5) is 0 Å². The molecule has 1 aromatic rings. The number of carbonyl (C=O) groups is 1. The maximum absolute atomic E-state index is 12.6. The van der Waals surface area contributed by atoms with Gasteiger partial charge < -0.3 is 0 Å². The Morgan fingerprint density at radius 2 is 1.56 bits per heavy atom. The zero-order chi connectivity index (χ0) is 18.9. The Morgan fingerprint density at radius 1 is 1.00 bits per heavy atom. The summed E-state index contributed by atoms with van der Waals surface area (Å²) in [5.41, 5.74) is 3.70. The second kappa shape index (κ2) is 6.96. The average Bonchev–Trinajstić information content (AvgIpc) is 2.44. The molecule has 6 heteroatoms. The van der Waals surface area contributed by atoms with Crippen molar-refractivity contribution in [1.82, 2.24) is 0 Å². The zero-order valence-corrected chi connectivity index (χ0v) is 16.2. The third kappa shape index (κ3) is 4.07. The molecule has 134 valence electrons. The Labute approximate surface area is 149 Å². The minimum absolute atomic E-state index is 0.0141. The smallest absolute Gasteiger partial charge is 0.290 e. The van der Waals surface area contributed by atoms with E-state index in [1.54, 1.807) is 39.0 Å². The van der Waals surface area contributed by atoms with Crippen LogP contribution in [0.1, 0.15) is 37.5 Å². The Balaban J connectivity index is 2.41. The van der Waals surface area contributed by atoms with Crippen LogP contribution in [0.2, 0.25) is 0 Å². The van der Waals surface area contributed by atoms with Gasteiger partial charge in [0, 0.05) is 5.57 Å². The summed E-state index contributed by atoms with van der Waals surface area (Å²) in [6.45, 7) is 10.8. The molecule has 0 fully saturated rings. The van der Waals surface area contributed by atoms with Gasteiger partial charge >= 0.3 is 10.1 Å². The van der Waals surface area contributed by atoms with Gasteiger partial charge in [0.15, 0.2) is 5.78 Å². The third-order valence-electron chi connectivity index (χ3n) is 4.04. The van der Waals surface area contributed by atoms with Crippen LogP contribution in [0.25, 0.3) is 0 Å². The van der Waals surface area contributed by atoms with Crippen LogP contribution in [0.5, 0.6) is 0 Å². The van der Waals surface area contributed by atoms with Crippen molar-refractivity contribution >= 4 is 21.6 Å². The van der Waals surface area contributed by atoms with Gasteiger partial charge in [0.25, 0.3) is 0 Å². The summed E-state index contributed by atoms with van der Waals surface area (Å²) in [6, 6.07) is 3.58. The van der Waals surface area contributed by atoms with Crippen LogP contribution >= 0.6 is 0 Å². The SMILES string of the molecule is CC1=CC(=O)C(C(C)C)=CC1=NOS(=O)(=O)c1c(C)cc(C)cc1C. The fraction of sp³-hybridized carbons (Fsp3) is 0.368. The van der Waals surface area contributed by atoms with E-state index in [4.69, 9.17) is 4.28 Å². The first-order valence-electron chi connectivity index (χ1n) is 8.07. The Hall–Kier alpha value is -2.21. The number of hydrogen-bond acceptors (Lipinski definition) is 5. The van der Waals surface area contributed by atoms with Crippen LogP contribution in [0.3, 0.4) is 0 Å². The number of oxime groups is 1. The molecule has 1 aromatic carbocycles. The van der Waals surface area contributed by atoms with E-state index in [9.17, 15) is 13.2 Å². The predicted molar refractivity (Wildman–Crippen MR) is 98.0 cm³/mol. The summed E-state index contributed by atoms with van der Waals surface area (Å²) in [7, 11) is -4.04. The maximum Gasteiger partial charge on any atom is 0.359 e. The van der Waals surface area contributed by atoms with Crippen molar-refractivity contribution < 1.29 is 17.5 Å². The number of nitrogens with zero attached hydrogens (tertiary/aromatic N) is 1. The molecule has 0 atom stereocenters. The van der Waals surface area contributed by atoms with Crippen LogP contribution in [-0.2, 0) is 19.2 Å². The second-order valence-corrected chi connectivity index (χ2v) is 8.14. The highest BCUT2D eigenvalue weighted by Crippen LogP contribution is 2.25. The first-order chi connectivity index (χ1) is 11.5. The first kappa shape index (κ1) is 19.1. The van der Waals surface area contributed by atoms with Gasteiger partial charge in [0.05, 0.1) is 0 Å². The summed E-state index contributed by atoms with van der Waals surface area (Å²) in [5, 5.41) is 3.82. The van der Waals surface area contributed by atoms with Gasteiger partial charge in [-0.2, -0.15) is 8.42 Å². The third-order valence-corrected chi connectivity index (χ3v) is 5.45. The van der Waals surface area contributed by atoms with E-state index in [0.29, 0.717) is 28.0 Å². The van der Waals surface area contributed by atoms with Crippen molar-refractivity contribution in [1.29, 1.82) is 0 Å². The molecule has 1 aliphatic carbocycles. The average molecular weight is 361 g/mol. The van der Waals surface area contributed by atoms with Crippen molar-refractivity contribution in [2.45, 2.75) is 46.4 Å². The minimum Gasteiger partial charge on any atom is -0.290 e. The van der Waals surface area contributed by atoms with Crippen LogP contribution < -0.4 is 0 Å². The number of benzene rings is 1. The van der Waals surface area contributed by atoms with E-state index in [1.807, 2.05) is 20.8 Å². The highest BCUT2D eigenvalue weighted by molar-refractivity contribution is 7.86. The highest BCUT2D eigenvalue weighted by Gasteiger charge is 2.24. The van der Waals surface area contributed by atoms with E-state index in [0.717, 1.165) is 5.56 Å². The summed E-state index contributed by atoms with van der Waals surface area (Å²) in [5.74, 6) is -0.0697. The molecule has 0 amide bonds. The fourth-order valence-corrected chi connectivity index (χ4v) is 4.08. The van der Waals surface area contributed by atoms with Crippen LogP contribution in [0.15, 0.2) is 45.5 Å². The molecule has 5 nitrogen and oxygen atoms in total. The van der Waals surface area contributed by atoms with E-state index in [1.165, 1.54) is 6.08 Å². The standard InChI is InChI=1S/C19H23NO4S/c1-11(2)16-10-17(13(4)9-18(16)21)20-24-25(22,23)19-14(5)7-12(3)8-15(19)6/h7-11H,1-6H3. The van der Waals surface area contributed by atoms with Crippen LogP contribution in [0, 0.1) is 26.7 Å². The number of allylic oxidation sites excluding steroid dienone is 4. The molecule has 1 aliphatic rings.